The van der Waals surface area contributed by atoms with Gasteiger partial charge in [0.05, 0.1) is 7.11 Å². The second kappa shape index (κ2) is 10.6. The summed E-state index contributed by atoms with van der Waals surface area (Å²) in [5.74, 6) is 0.868. The number of nitrogens with one attached hydrogen (secondary N) is 1. The highest BCUT2D eigenvalue weighted by Crippen LogP contribution is 2.36. The molecule has 1 heterocycles. The van der Waals surface area contributed by atoms with E-state index in [0.29, 0.717) is 27.8 Å². The van der Waals surface area contributed by atoms with Crippen LogP contribution in [0.5, 0.6) is 17.2 Å². The largest absolute Gasteiger partial charge is 0.534 e. The van der Waals surface area contributed by atoms with E-state index in [-0.39, 0.29) is 24.3 Å². The summed E-state index contributed by atoms with van der Waals surface area (Å²) in [6.45, 7) is 2.99. The third-order valence-corrected chi connectivity index (χ3v) is 7.29. The van der Waals surface area contributed by atoms with E-state index >= 15 is 0 Å². The number of alkyl halides is 3. The van der Waals surface area contributed by atoms with Crippen molar-refractivity contribution in [1.82, 2.24) is 5.32 Å². The lowest BCUT2D eigenvalue weighted by Crippen LogP contribution is -2.44. The van der Waals surface area contributed by atoms with Crippen molar-refractivity contribution >= 4 is 20.9 Å². The van der Waals surface area contributed by atoms with E-state index in [2.05, 4.69) is 9.50 Å². The molecule has 0 saturated carbocycles. The summed E-state index contributed by atoms with van der Waals surface area (Å²) in [6, 6.07) is 15.3. The van der Waals surface area contributed by atoms with Gasteiger partial charge < -0.3 is 19.0 Å². The molecule has 3 aromatic carbocycles. The first-order chi connectivity index (χ1) is 17.1. The number of methoxy groups -OCH3 is 1. The van der Waals surface area contributed by atoms with E-state index in [1.807, 2.05) is 6.92 Å². The van der Waals surface area contributed by atoms with Crippen LogP contribution in [-0.2, 0) is 16.5 Å². The normalized spacial score (nSPS) is 17.5. The van der Waals surface area contributed by atoms with E-state index in [9.17, 15) is 21.6 Å². The SMILES string of the molecule is COc1ccc2c(Cc3ccc(OC(C)C4CCCCN4)cc3)c(OS(=O)(=O)C(F)(F)F)ccc2c1. The second-order valence-corrected chi connectivity index (χ2v) is 10.4. The zero-order valence-corrected chi connectivity index (χ0v) is 20.8. The molecule has 0 bridgehead atoms. The molecule has 0 amide bonds. The number of piperidine rings is 1. The first kappa shape index (κ1) is 26.1. The molecule has 1 fully saturated rings. The van der Waals surface area contributed by atoms with E-state index in [1.54, 1.807) is 42.5 Å². The minimum atomic E-state index is -5.83. The van der Waals surface area contributed by atoms with Crippen molar-refractivity contribution < 1.29 is 35.2 Å². The molecule has 0 radical (unpaired) electrons. The Bertz CT molecular complexity index is 1300. The molecule has 194 valence electrons. The van der Waals surface area contributed by atoms with Crippen LogP contribution in [0.1, 0.15) is 37.3 Å². The van der Waals surface area contributed by atoms with Crippen LogP contribution in [0.2, 0.25) is 0 Å². The quantitative estimate of drug-likeness (QED) is 0.307. The molecule has 1 N–H and O–H groups in total. The number of ether oxygens (including phenoxy) is 2. The van der Waals surface area contributed by atoms with Crippen LogP contribution >= 0.6 is 0 Å². The van der Waals surface area contributed by atoms with Crippen LogP contribution < -0.4 is 19.0 Å². The summed E-state index contributed by atoms with van der Waals surface area (Å²) >= 11 is 0. The van der Waals surface area contributed by atoms with Gasteiger partial charge in [0.25, 0.3) is 0 Å². The van der Waals surface area contributed by atoms with Crippen molar-refractivity contribution in [3.63, 3.8) is 0 Å². The predicted octanol–water partition coefficient (Wildman–Crippen LogP) is 5.58. The highest BCUT2D eigenvalue weighted by atomic mass is 32.2. The van der Waals surface area contributed by atoms with E-state index in [0.717, 1.165) is 31.4 Å². The Morgan fingerprint density at radius 1 is 1.03 bits per heavy atom. The van der Waals surface area contributed by atoms with Crippen LogP contribution in [0, 0.1) is 0 Å². The van der Waals surface area contributed by atoms with Crippen molar-refractivity contribution in [3.05, 3.63) is 65.7 Å². The molecule has 4 rings (SSSR count). The Morgan fingerprint density at radius 3 is 2.39 bits per heavy atom. The topological polar surface area (TPSA) is 73.9 Å². The van der Waals surface area contributed by atoms with Crippen molar-refractivity contribution in [2.45, 2.75) is 50.3 Å². The summed E-state index contributed by atoms with van der Waals surface area (Å²) in [7, 11) is -4.32. The lowest BCUT2D eigenvalue weighted by Gasteiger charge is -2.29. The maximum absolute atomic E-state index is 13.0. The van der Waals surface area contributed by atoms with Gasteiger partial charge in [-0.3, -0.25) is 0 Å². The molecular formula is C26H28F3NO5S. The molecule has 6 nitrogen and oxygen atoms in total. The number of rotatable bonds is 8. The monoisotopic (exact) mass is 523 g/mol. The van der Waals surface area contributed by atoms with Gasteiger partial charge in [-0.1, -0.05) is 30.7 Å². The average Bonchev–Trinajstić information content (AvgIpc) is 2.86. The van der Waals surface area contributed by atoms with Gasteiger partial charge >= 0.3 is 15.6 Å². The zero-order chi connectivity index (χ0) is 25.9. The third-order valence-electron chi connectivity index (χ3n) is 6.32. The lowest BCUT2D eigenvalue weighted by molar-refractivity contribution is -0.0500. The van der Waals surface area contributed by atoms with Crippen LogP contribution in [0.4, 0.5) is 13.2 Å². The van der Waals surface area contributed by atoms with E-state index in [4.69, 9.17) is 9.47 Å². The fraction of sp³-hybridized carbons (Fsp3) is 0.385. The summed E-state index contributed by atoms with van der Waals surface area (Å²) in [6.07, 6.45) is 3.50. The molecule has 10 heteroatoms. The lowest BCUT2D eigenvalue weighted by atomic mass is 9.97. The van der Waals surface area contributed by atoms with Gasteiger partial charge in [0.2, 0.25) is 0 Å². The summed E-state index contributed by atoms with van der Waals surface area (Å²) in [5.41, 5.74) is -4.47. The van der Waals surface area contributed by atoms with Crippen molar-refractivity contribution in [2.75, 3.05) is 13.7 Å². The Kier molecular flexibility index (Phi) is 7.65. The molecule has 2 unspecified atom stereocenters. The molecule has 0 spiro atoms. The van der Waals surface area contributed by atoms with E-state index in [1.165, 1.54) is 19.2 Å². The van der Waals surface area contributed by atoms with Crippen molar-refractivity contribution in [3.8, 4) is 17.2 Å². The maximum atomic E-state index is 13.0. The molecule has 2 atom stereocenters. The number of benzene rings is 3. The van der Waals surface area contributed by atoms with Crippen LogP contribution in [-0.4, -0.2) is 39.7 Å². The summed E-state index contributed by atoms with van der Waals surface area (Å²) in [5, 5.41) is 4.70. The first-order valence-electron chi connectivity index (χ1n) is 11.7. The van der Waals surface area contributed by atoms with E-state index < -0.39 is 15.6 Å². The van der Waals surface area contributed by atoms with Gasteiger partial charge in [0, 0.05) is 18.0 Å². The van der Waals surface area contributed by atoms with Crippen molar-refractivity contribution in [2.24, 2.45) is 0 Å². The van der Waals surface area contributed by atoms with Crippen LogP contribution in [0.15, 0.2) is 54.6 Å². The number of fused-ring (bicyclic) bond motifs is 1. The van der Waals surface area contributed by atoms with Gasteiger partial charge in [0.1, 0.15) is 23.4 Å². The van der Waals surface area contributed by atoms with Gasteiger partial charge in [-0.2, -0.15) is 21.6 Å². The molecule has 1 aliphatic heterocycles. The van der Waals surface area contributed by atoms with Crippen LogP contribution in [0.25, 0.3) is 10.8 Å². The molecule has 36 heavy (non-hydrogen) atoms. The van der Waals surface area contributed by atoms with Gasteiger partial charge in [0.15, 0.2) is 0 Å². The Hall–Kier alpha value is -2.98. The highest BCUT2D eigenvalue weighted by Gasteiger charge is 2.48. The van der Waals surface area contributed by atoms with Gasteiger partial charge in [-0.25, -0.2) is 0 Å². The Labute approximate surface area is 208 Å². The predicted molar refractivity (Wildman–Crippen MR) is 131 cm³/mol. The van der Waals surface area contributed by atoms with Gasteiger partial charge in [-0.05, 0) is 73.0 Å². The zero-order valence-electron chi connectivity index (χ0n) is 20.0. The minimum Gasteiger partial charge on any atom is -0.497 e. The molecular weight excluding hydrogens is 495 g/mol. The summed E-state index contributed by atoms with van der Waals surface area (Å²) in [4.78, 5) is 0. The Morgan fingerprint density at radius 2 is 1.75 bits per heavy atom. The molecule has 1 saturated heterocycles. The maximum Gasteiger partial charge on any atom is 0.534 e. The number of hydrogen-bond donors (Lipinski definition) is 1. The average molecular weight is 524 g/mol. The minimum absolute atomic E-state index is 0.0169. The fourth-order valence-corrected chi connectivity index (χ4v) is 4.86. The molecule has 0 aliphatic carbocycles. The van der Waals surface area contributed by atoms with Gasteiger partial charge in [-0.15, -0.1) is 0 Å². The molecule has 1 aliphatic rings. The molecule has 3 aromatic rings. The standard InChI is InChI=1S/C26H28F3NO5S/c1-17(24-5-3-4-14-30-24)34-20-9-6-18(7-10-20)15-23-22-12-11-21(33-2)16-19(22)8-13-25(23)35-36(31,32)26(27,28)29/h6-13,16-17,24,30H,3-5,14-15H2,1-2H3. The number of hydrogen-bond acceptors (Lipinski definition) is 6. The summed E-state index contributed by atoms with van der Waals surface area (Å²) < 4.78 is 78.4. The third kappa shape index (κ3) is 5.87. The fourth-order valence-electron chi connectivity index (χ4n) is 4.37. The molecule has 0 aromatic heterocycles. The Balaban J connectivity index is 1.62. The number of halogens is 3. The van der Waals surface area contributed by atoms with Crippen molar-refractivity contribution in [1.29, 1.82) is 0 Å². The van der Waals surface area contributed by atoms with Crippen LogP contribution in [0.3, 0.4) is 0 Å². The highest BCUT2D eigenvalue weighted by molar-refractivity contribution is 7.88. The smallest absolute Gasteiger partial charge is 0.497 e. The first-order valence-corrected chi connectivity index (χ1v) is 13.1. The second-order valence-electron chi connectivity index (χ2n) is 8.81.